The van der Waals surface area contributed by atoms with Crippen LogP contribution in [0.25, 0.3) is 0 Å². The summed E-state index contributed by atoms with van der Waals surface area (Å²) in [6.45, 7) is 5.16. The van der Waals surface area contributed by atoms with Crippen molar-refractivity contribution >= 4 is 44.7 Å². The van der Waals surface area contributed by atoms with Gasteiger partial charge in [-0.05, 0) is 80.4 Å². The number of nitrogens with zero attached hydrogens (tertiary/aromatic N) is 1. The van der Waals surface area contributed by atoms with E-state index in [9.17, 15) is 18.0 Å². The molecule has 0 aliphatic heterocycles. The highest BCUT2D eigenvalue weighted by atomic mass is 35.5. The first-order valence-electron chi connectivity index (χ1n) is 10.3. The zero-order valence-corrected chi connectivity index (χ0v) is 20.2. The highest BCUT2D eigenvalue weighted by molar-refractivity contribution is 7.92. The van der Waals surface area contributed by atoms with Gasteiger partial charge in [-0.3, -0.25) is 13.9 Å². The SMILES string of the molecule is CC(=O)c1cccc(NC(=O)CCN(c2cc(C)cc(C)c2)S(=O)(=O)c2ccc(Cl)cc2)c1. The third kappa shape index (κ3) is 6.21. The van der Waals surface area contributed by atoms with Crippen molar-refractivity contribution in [2.75, 3.05) is 16.2 Å². The number of benzene rings is 3. The third-order valence-corrected chi connectivity index (χ3v) is 7.08. The molecule has 33 heavy (non-hydrogen) atoms. The van der Waals surface area contributed by atoms with Gasteiger partial charge in [0.2, 0.25) is 5.91 Å². The second kappa shape index (κ2) is 10.2. The van der Waals surface area contributed by atoms with Crippen LogP contribution in [0.1, 0.15) is 34.8 Å². The molecule has 3 aromatic carbocycles. The second-order valence-electron chi connectivity index (χ2n) is 7.81. The Morgan fingerprint density at radius 1 is 0.939 bits per heavy atom. The number of carbonyl (C=O) groups is 2. The van der Waals surface area contributed by atoms with Crippen LogP contribution in [0.5, 0.6) is 0 Å². The van der Waals surface area contributed by atoms with Crippen LogP contribution in [0.3, 0.4) is 0 Å². The van der Waals surface area contributed by atoms with Gasteiger partial charge >= 0.3 is 0 Å². The van der Waals surface area contributed by atoms with Crippen LogP contribution in [0, 0.1) is 13.8 Å². The molecule has 8 heteroatoms. The summed E-state index contributed by atoms with van der Waals surface area (Å²) in [5.41, 5.74) is 3.26. The number of nitrogens with one attached hydrogen (secondary N) is 1. The quantitative estimate of drug-likeness (QED) is 0.435. The summed E-state index contributed by atoms with van der Waals surface area (Å²) < 4.78 is 28.2. The van der Waals surface area contributed by atoms with Gasteiger partial charge in [-0.2, -0.15) is 0 Å². The Labute approximate surface area is 199 Å². The summed E-state index contributed by atoms with van der Waals surface area (Å²) in [6, 6.07) is 18.0. The summed E-state index contributed by atoms with van der Waals surface area (Å²) in [7, 11) is -3.94. The first-order valence-corrected chi connectivity index (χ1v) is 12.2. The van der Waals surface area contributed by atoms with E-state index in [-0.39, 0.29) is 29.6 Å². The lowest BCUT2D eigenvalue weighted by Gasteiger charge is -2.25. The molecule has 0 saturated carbocycles. The van der Waals surface area contributed by atoms with Gasteiger partial charge in [-0.1, -0.05) is 29.8 Å². The van der Waals surface area contributed by atoms with Gasteiger partial charge in [-0.15, -0.1) is 0 Å². The van der Waals surface area contributed by atoms with Crippen molar-refractivity contribution in [2.45, 2.75) is 32.1 Å². The van der Waals surface area contributed by atoms with Crippen molar-refractivity contribution in [3.8, 4) is 0 Å². The van der Waals surface area contributed by atoms with Crippen LogP contribution in [0.4, 0.5) is 11.4 Å². The van der Waals surface area contributed by atoms with Crippen LogP contribution in [-0.4, -0.2) is 26.7 Å². The summed E-state index contributed by atoms with van der Waals surface area (Å²) in [5.74, 6) is -0.475. The lowest BCUT2D eigenvalue weighted by Crippen LogP contribution is -2.34. The number of hydrogen-bond donors (Lipinski definition) is 1. The van der Waals surface area contributed by atoms with Gasteiger partial charge in [-0.25, -0.2) is 8.42 Å². The van der Waals surface area contributed by atoms with Gasteiger partial charge in [0.15, 0.2) is 5.78 Å². The van der Waals surface area contributed by atoms with Crippen molar-refractivity contribution < 1.29 is 18.0 Å². The highest BCUT2D eigenvalue weighted by Crippen LogP contribution is 2.27. The lowest BCUT2D eigenvalue weighted by atomic mass is 10.1. The van der Waals surface area contributed by atoms with Crippen LogP contribution < -0.4 is 9.62 Å². The number of anilines is 2. The minimum absolute atomic E-state index is 0.0634. The fourth-order valence-electron chi connectivity index (χ4n) is 3.46. The Morgan fingerprint density at radius 2 is 1.58 bits per heavy atom. The Kier molecular flexibility index (Phi) is 7.56. The molecule has 0 radical (unpaired) electrons. The molecule has 0 unspecified atom stereocenters. The van der Waals surface area contributed by atoms with E-state index in [1.807, 2.05) is 19.9 Å². The molecule has 0 aliphatic carbocycles. The normalized spacial score (nSPS) is 11.2. The largest absolute Gasteiger partial charge is 0.326 e. The zero-order chi connectivity index (χ0) is 24.2. The highest BCUT2D eigenvalue weighted by Gasteiger charge is 2.26. The topological polar surface area (TPSA) is 83.6 Å². The fraction of sp³-hybridized carbons (Fsp3) is 0.200. The van der Waals surface area contributed by atoms with E-state index in [2.05, 4.69) is 5.32 Å². The number of ketones is 1. The zero-order valence-electron chi connectivity index (χ0n) is 18.6. The number of amides is 1. The van der Waals surface area contributed by atoms with Crippen LogP contribution in [0.2, 0.25) is 5.02 Å². The Balaban J connectivity index is 1.87. The maximum atomic E-state index is 13.5. The van der Waals surface area contributed by atoms with Gasteiger partial charge < -0.3 is 5.32 Å². The van der Waals surface area contributed by atoms with E-state index in [1.165, 1.54) is 35.5 Å². The molecule has 1 N–H and O–H groups in total. The average Bonchev–Trinajstić information content (AvgIpc) is 2.73. The molecule has 6 nitrogen and oxygen atoms in total. The van der Waals surface area contributed by atoms with E-state index < -0.39 is 10.0 Å². The smallest absolute Gasteiger partial charge is 0.264 e. The van der Waals surface area contributed by atoms with Gasteiger partial charge in [0.1, 0.15) is 0 Å². The summed E-state index contributed by atoms with van der Waals surface area (Å²) >= 11 is 5.93. The van der Waals surface area contributed by atoms with E-state index in [4.69, 9.17) is 11.6 Å². The minimum Gasteiger partial charge on any atom is -0.326 e. The van der Waals surface area contributed by atoms with E-state index in [0.29, 0.717) is 22.0 Å². The van der Waals surface area contributed by atoms with Gasteiger partial charge in [0.05, 0.1) is 10.6 Å². The molecule has 0 saturated heterocycles. The molecule has 0 aromatic heterocycles. The number of rotatable bonds is 8. The summed E-state index contributed by atoms with van der Waals surface area (Å²) in [4.78, 5) is 24.3. The first kappa shape index (κ1) is 24.5. The molecule has 0 atom stereocenters. The Bertz CT molecular complexity index is 1270. The minimum atomic E-state index is -3.94. The molecule has 3 aromatic rings. The number of hydrogen-bond acceptors (Lipinski definition) is 4. The molecular weight excluding hydrogens is 460 g/mol. The molecule has 1 amide bonds. The predicted octanol–water partition coefficient (Wildman–Crippen LogP) is 5.38. The van der Waals surface area contributed by atoms with Crippen LogP contribution in [0.15, 0.2) is 71.6 Å². The maximum absolute atomic E-state index is 13.5. The number of halogens is 1. The summed E-state index contributed by atoms with van der Waals surface area (Å²) in [6.07, 6.45) is -0.0793. The van der Waals surface area contributed by atoms with Crippen molar-refractivity contribution in [1.29, 1.82) is 0 Å². The molecule has 0 aliphatic rings. The van der Waals surface area contributed by atoms with Crippen LogP contribution in [-0.2, 0) is 14.8 Å². The second-order valence-corrected chi connectivity index (χ2v) is 10.1. The molecule has 3 rings (SSSR count). The van der Waals surface area contributed by atoms with Crippen molar-refractivity contribution in [3.05, 3.63) is 88.4 Å². The van der Waals surface area contributed by atoms with E-state index >= 15 is 0 Å². The van der Waals surface area contributed by atoms with Gasteiger partial charge in [0.25, 0.3) is 10.0 Å². The van der Waals surface area contributed by atoms with E-state index in [0.717, 1.165) is 11.1 Å². The van der Waals surface area contributed by atoms with Crippen molar-refractivity contribution in [3.63, 3.8) is 0 Å². The number of aryl methyl sites for hydroxylation is 2. The monoisotopic (exact) mass is 484 g/mol. The number of Topliss-reactive ketones (excluding diaryl/α,β-unsaturated/α-hetero) is 1. The Hall–Kier alpha value is -3.16. The molecular formula is C25H25ClN2O4S. The van der Waals surface area contributed by atoms with Gasteiger partial charge in [0, 0.05) is 29.2 Å². The third-order valence-electron chi connectivity index (χ3n) is 4.99. The molecule has 0 fully saturated rings. The number of carbonyl (C=O) groups excluding carboxylic acids is 2. The molecule has 172 valence electrons. The van der Waals surface area contributed by atoms with Crippen LogP contribution >= 0.6 is 11.6 Å². The molecule has 0 heterocycles. The number of sulfonamides is 1. The van der Waals surface area contributed by atoms with Crippen molar-refractivity contribution in [2.24, 2.45) is 0 Å². The standard InChI is InChI=1S/C25H25ClN2O4S/c1-17-13-18(2)15-23(14-17)28(33(31,32)24-9-7-21(26)8-10-24)12-11-25(30)27-22-6-4-5-20(16-22)19(3)29/h4-10,13-16H,11-12H2,1-3H3,(H,27,30). The van der Waals surface area contributed by atoms with E-state index in [1.54, 1.807) is 36.4 Å². The van der Waals surface area contributed by atoms with Crippen molar-refractivity contribution in [1.82, 2.24) is 0 Å². The Morgan fingerprint density at radius 3 is 2.18 bits per heavy atom. The molecule has 0 spiro atoms. The lowest BCUT2D eigenvalue weighted by molar-refractivity contribution is -0.116. The average molecular weight is 485 g/mol. The predicted molar refractivity (Wildman–Crippen MR) is 132 cm³/mol. The summed E-state index contributed by atoms with van der Waals surface area (Å²) in [5, 5.41) is 3.17. The maximum Gasteiger partial charge on any atom is 0.264 e. The first-order chi connectivity index (χ1) is 15.6. The molecule has 0 bridgehead atoms. The fourth-order valence-corrected chi connectivity index (χ4v) is 5.03.